The fourth-order valence-electron chi connectivity index (χ4n) is 3.09. The normalized spacial score (nSPS) is 21.3. The van der Waals surface area contributed by atoms with Crippen LogP contribution in [-0.2, 0) is 14.3 Å². The molecule has 2 atom stereocenters. The molecule has 0 bridgehead atoms. The van der Waals surface area contributed by atoms with Gasteiger partial charge in [0, 0.05) is 33.7 Å². The summed E-state index contributed by atoms with van der Waals surface area (Å²) in [6.45, 7) is 3.26. The fraction of sp³-hybridized carbons (Fsp3) is 0.556. The van der Waals surface area contributed by atoms with Crippen molar-refractivity contribution in [3.63, 3.8) is 0 Å². The van der Waals surface area contributed by atoms with Crippen molar-refractivity contribution in [2.75, 3.05) is 27.3 Å². The van der Waals surface area contributed by atoms with Gasteiger partial charge in [0.2, 0.25) is 11.8 Å². The predicted molar refractivity (Wildman–Crippen MR) is 88.9 cm³/mol. The number of carbonyl (C=O) groups is 2. The van der Waals surface area contributed by atoms with Crippen LogP contribution in [-0.4, -0.2) is 44.0 Å². The minimum Gasteiger partial charge on any atom is -0.385 e. The van der Waals surface area contributed by atoms with Gasteiger partial charge in [0.15, 0.2) is 0 Å². The smallest absolute Gasteiger partial charge is 0.225 e. The van der Waals surface area contributed by atoms with E-state index in [0.717, 1.165) is 12.0 Å². The van der Waals surface area contributed by atoms with Crippen LogP contribution >= 0.6 is 0 Å². The van der Waals surface area contributed by atoms with E-state index in [1.807, 2.05) is 31.2 Å². The number of nitrogens with one attached hydrogen (secondary N) is 1. The molecule has 5 heteroatoms. The lowest BCUT2D eigenvalue weighted by atomic mass is 9.83. The predicted octanol–water partition coefficient (Wildman–Crippen LogP) is 2.06. The van der Waals surface area contributed by atoms with E-state index in [2.05, 4.69) is 5.32 Å². The Hall–Kier alpha value is -1.88. The van der Waals surface area contributed by atoms with E-state index in [0.29, 0.717) is 26.0 Å². The Bertz CT molecular complexity index is 542. The lowest BCUT2D eigenvalue weighted by Gasteiger charge is -2.38. The highest BCUT2D eigenvalue weighted by Gasteiger charge is 2.38. The monoisotopic (exact) mass is 318 g/mol. The molecule has 5 nitrogen and oxygen atoms in total. The van der Waals surface area contributed by atoms with Gasteiger partial charge in [-0.3, -0.25) is 9.59 Å². The lowest BCUT2D eigenvalue weighted by Crippen LogP contribution is -2.46. The second-order valence-corrected chi connectivity index (χ2v) is 6.14. The average Bonchev–Trinajstić information content (AvgIpc) is 2.55. The number of piperidine rings is 1. The third-order valence-electron chi connectivity index (χ3n) is 4.44. The van der Waals surface area contributed by atoms with Crippen molar-refractivity contribution in [3.8, 4) is 0 Å². The zero-order valence-electron chi connectivity index (χ0n) is 14.2. The molecule has 23 heavy (non-hydrogen) atoms. The van der Waals surface area contributed by atoms with Crippen LogP contribution in [0.15, 0.2) is 24.3 Å². The number of aryl methyl sites for hydroxylation is 1. The van der Waals surface area contributed by atoms with Gasteiger partial charge in [0.1, 0.15) is 0 Å². The molecule has 0 unspecified atom stereocenters. The Morgan fingerprint density at radius 1 is 1.35 bits per heavy atom. The first-order chi connectivity index (χ1) is 11.0. The quantitative estimate of drug-likeness (QED) is 0.817. The van der Waals surface area contributed by atoms with Crippen LogP contribution in [0.1, 0.15) is 36.4 Å². The summed E-state index contributed by atoms with van der Waals surface area (Å²) in [6, 6.07) is 7.88. The molecule has 1 saturated heterocycles. The summed E-state index contributed by atoms with van der Waals surface area (Å²) >= 11 is 0. The first-order valence-corrected chi connectivity index (χ1v) is 8.13. The largest absolute Gasteiger partial charge is 0.385 e. The van der Waals surface area contributed by atoms with E-state index in [1.165, 1.54) is 5.56 Å². The first kappa shape index (κ1) is 17.5. The molecular weight excluding hydrogens is 292 g/mol. The maximum Gasteiger partial charge on any atom is 0.225 e. The molecule has 1 heterocycles. The van der Waals surface area contributed by atoms with Crippen molar-refractivity contribution in [3.05, 3.63) is 35.4 Å². The zero-order valence-corrected chi connectivity index (χ0v) is 14.2. The number of rotatable bonds is 6. The van der Waals surface area contributed by atoms with Crippen molar-refractivity contribution in [2.24, 2.45) is 5.92 Å². The molecule has 1 aromatic carbocycles. The Labute approximate surface area is 138 Å². The number of hydrogen-bond acceptors (Lipinski definition) is 3. The van der Waals surface area contributed by atoms with Crippen LogP contribution in [0, 0.1) is 12.8 Å². The van der Waals surface area contributed by atoms with Crippen LogP contribution < -0.4 is 5.32 Å². The fourth-order valence-corrected chi connectivity index (χ4v) is 3.09. The molecule has 1 fully saturated rings. The van der Waals surface area contributed by atoms with Crippen molar-refractivity contribution in [1.29, 1.82) is 0 Å². The molecule has 1 aromatic rings. The zero-order chi connectivity index (χ0) is 16.8. The number of methoxy groups -OCH3 is 1. The van der Waals surface area contributed by atoms with Crippen molar-refractivity contribution < 1.29 is 14.3 Å². The number of hydrogen-bond donors (Lipinski definition) is 1. The molecule has 2 rings (SSSR count). The summed E-state index contributed by atoms with van der Waals surface area (Å²) in [6.07, 6.45) is 1.81. The summed E-state index contributed by atoms with van der Waals surface area (Å²) in [5.41, 5.74) is 2.18. The van der Waals surface area contributed by atoms with Gasteiger partial charge in [-0.15, -0.1) is 0 Å². The van der Waals surface area contributed by atoms with E-state index >= 15 is 0 Å². The summed E-state index contributed by atoms with van der Waals surface area (Å²) < 4.78 is 5.00. The summed E-state index contributed by atoms with van der Waals surface area (Å²) in [5, 5.41) is 2.98. The highest BCUT2D eigenvalue weighted by molar-refractivity contribution is 5.84. The molecule has 126 valence electrons. The van der Waals surface area contributed by atoms with Crippen molar-refractivity contribution in [2.45, 2.75) is 32.2 Å². The number of nitrogens with zero attached hydrogens (tertiary/aromatic N) is 1. The van der Waals surface area contributed by atoms with E-state index in [-0.39, 0.29) is 23.8 Å². The van der Waals surface area contributed by atoms with Crippen LogP contribution in [0.5, 0.6) is 0 Å². The average molecular weight is 318 g/mol. The minimum atomic E-state index is -0.206. The SMILES string of the molecule is COCCCNC(=O)[C@@H]1CCC(=O)N(C)[C@@H]1c1ccc(C)cc1. The standard InChI is InChI=1S/C18H26N2O3/c1-13-5-7-14(8-6-13)17-15(9-10-16(21)20(17)2)18(22)19-11-4-12-23-3/h5-8,15,17H,4,9-12H2,1-3H3,(H,19,22)/t15-,17-/m1/s1. The maximum atomic E-state index is 12.6. The highest BCUT2D eigenvalue weighted by Crippen LogP contribution is 2.35. The Morgan fingerprint density at radius 3 is 2.70 bits per heavy atom. The van der Waals surface area contributed by atoms with Crippen molar-refractivity contribution in [1.82, 2.24) is 10.2 Å². The van der Waals surface area contributed by atoms with Gasteiger partial charge in [-0.1, -0.05) is 29.8 Å². The molecule has 0 aliphatic carbocycles. The van der Waals surface area contributed by atoms with Gasteiger partial charge in [-0.05, 0) is 25.3 Å². The Kier molecular flexibility index (Phi) is 6.16. The second kappa shape index (κ2) is 8.11. The molecule has 1 N–H and O–H groups in total. The number of carbonyl (C=O) groups excluding carboxylic acids is 2. The lowest BCUT2D eigenvalue weighted by molar-refractivity contribution is -0.141. The first-order valence-electron chi connectivity index (χ1n) is 8.13. The molecule has 1 aliphatic rings. The Morgan fingerprint density at radius 2 is 2.04 bits per heavy atom. The van der Waals surface area contributed by atoms with E-state index < -0.39 is 0 Å². The number of benzene rings is 1. The summed E-state index contributed by atoms with van der Waals surface area (Å²) in [5.74, 6) is -0.0898. The highest BCUT2D eigenvalue weighted by atomic mass is 16.5. The molecule has 0 saturated carbocycles. The molecule has 1 aliphatic heterocycles. The van der Waals surface area contributed by atoms with Crippen LogP contribution in [0.3, 0.4) is 0 Å². The van der Waals surface area contributed by atoms with Gasteiger partial charge < -0.3 is 15.0 Å². The third kappa shape index (κ3) is 4.32. The summed E-state index contributed by atoms with van der Waals surface area (Å²) in [7, 11) is 3.44. The van der Waals surface area contributed by atoms with Crippen LogP contribution in [0.4, 0.5) is 0 Å². The molecule has 0 aromatic heterocycles. The van der Waals surface area contributed by atoms with Crippen LogP contribution in [0.2, 0.25) is 0 Å². The molecule has 2 amide bonds. The molecule has 0 spiro atoms. The van der Waals surface area contributed by atoms with Gasteiger partial charge in [-0.25, -0.2) is 0 Å². The molecule has 0 radical (unpaired) electrons. The van der Waals surface area contributed by atoms with Gasteiger partial charge in [-0.2, -0.15) is 0 Å². The summed E-state index contributed by atoms with van der Waals surface area (Å²) in [4.78, 5) is 26.4. The van der Waals surface area contributed by atoms with E-state index in [4.69, 9.17) is 4.74 Å². The van der Waals surface area contributed by atoms with Crippen molar-refractivity contribution >= 4 is 11.8 Å². The minimum absolute atomic E-state index is 0.0195. The van der Waals surface area contributed by atoms with Gasteiger partial charge in [0.05, 0.1) is 12.0 Å². The topological polar surface area (TPSA) is 58.6 Å². The van der Waals surface area contributed by atoms with Crippen LogP contribution in [0.25, 0.3) is 0 Å². The van der Waals surface area contributed by atoms with Gasteiger partial charge >= 0.3 is 0 Å². The number of amides is 2. The Balaban J connectivity index is 2.13. The van der Waals surface area contributed by atoms with E-state index in [9.17, 15) is 9.59 Å². The maximum absolute atomic E-state index is 12.6. The third-order valence-corrected chi connectivity index (χ3v) is 4.44. The van der Waals surface area contributed by atoms with E-state index in [1.54, 1.807) is 19.1 Å². The number of ether oxygens (including phenoxy) is 1. The molecular formula is C18H26N2O3. The second-order valence-electron chi connectivity index (χ2n) is 6.14. The number of likely N-dealkylation sites (tertiary alicyclic amines) is 1. The van der Waals surface area contributed by atoms with Gasteiger partial charge in [0.25, 0.3) is 0 Å².